The van der Waals surface area contributed by atoms with E-state index in [0.717, 1.165) is 6.92 Å². The van der Waals surface area contributed by atoms with Gasteiger partial charge in [-0.1, -0.05) is 11.8 Å². The van der Waals surface area contributed by atoms with Crippen molar-refractivity contribution in [2.24, 2.45) is 0 Å². The highest BCUT2D eigenvalue weighted by molar-refractivity contribution is 8.14. The fourth-order valence-corrected chi connectivity index (χ4v) is 1.46. The predicted molar refractivity (Wildman–Crippen MR) is 58.0 cm³/mol. The molecule has 1 aromatic carbocycles. The Morgan fingerprint density at radius 2 is 1.37 bits per heavy atom. The van der Waals surface area contributed by atoms with E-state index in [-0.39, 0.29) is 0 Å². The summed E-state index contributed by atoms with van der Waals surface area (Å²) in [4.78, 5) is 21.7. The molecule has 0 unspecified atom stereocenters. The number of thioether (sulfide) groups is 1. The van der Waals surface area contributed by atoms with E-state index in [1.807, 2.05) is 0 Å². The molecule has 0 radical (unpaired) electrons. The van der Waals surface area contributed by atoms with E-state index in [4.69, 9.17) is 0 Å². The van der Waals surface area contributed by atoms with Crippen molar-refractivity contribution in [2.45, 2.75) is 6.92 Å². The number of benzene rings is 1. The molecule has 104 valence electrons. The largest absolute Gasteiger partial charge is 0.320 e. The Kier molecular flexibility index (Phi) is 4.87. The number of hydrogen-bond donors (Lipinski definition) is 1. The van der Waals surface area contributed by atoms with Crippen molar-refractivity contribution in [1.29, 1.82) is 0 Å². The molecule has 1 N–H and O–H groups in total. The molecule has 0 aliphatic rings. The van der Waals surface area contributed by atoms with Gasteiger partial charge in [0.2, 0.25) is 11.7 Å². The van der Waals surface area contributed by atoms with Crippen LogP contribution in [0.1, 0.15) is 6.92 Å². The summed E-state index contributed by atoms with van der Waals surface area (Å²) < 4.78 is 64.6. The quantitative estimate of drug-likeness (QED) is 0.530. The Bertz CT molecular complexity index is 520. The molecule has 0 fully saturated rings. The second-order valence-electron chi connectivity index (χ2n) is 3.27. The van der Waals surface area contributed by atoms with Crippen LogP contribution in [-0.2, 0) is 9.59 Å². The summed E-state index contributed by atoms with van der Waals surface area (Å²) >= 11 is 0.524. The van der Waals surface area contributed by atoms with E-state index >= 15 is 0 Å². The maximum absolute atomic E-state index is 13.2. The summed E-state index contributed by atoms with van der Waals surface area (Å²) in [5, 5.41) is 1.10. The molecule has 1 rings (SSSR count). The first-order valence-electron chi connectivity index (χ1n) is 4.70. The zero-order chi connectivity index (χ0) is 14.7. The van der Waals surface area contributed by atoms with Gasteiger partial charge in [0.05, 0.1) is 5.75 Å². The monoisotopic (exact) mass is 299 g/mol. The zero-order valence-electron chi connectivity index (χ0n) is 9.32. The lowest BCUT2D eigenvalue weighted by Crippen LogP contribution is -2.19. The lowest BCUT2D eigenvalue weighted by Gasteiger charge is -2.09. The highest BCUT2D eigenvalue weighted by Gasteiger charge is 2.26. The number of halogens is 5. The number of anilines is 1. The summed E-state index contributed by atoms with van der Waals surface area (Å²) in [5.74, 6) is -12.5. The third-order valence-corrected chi connectivity index (χ3v) is 2.69. The predicted octanol–water partition coefficient (Wildman–Crippen LogP) is 2.60. The highest BCUT2D eigenvalue weighted by atomic mass is 32.2. The molecular formula is C10H6F5NO2S. The Morgan fingerprint density at radius 3 is 1.79 bits per heavy atom. The van der Waals surface area contributed by atoms with Crippen LogP contribution in [0.25, 0.3) is 0 Å². The lowest BCUT2D eigenvalue weighted by molar-refractivity contribution is -0.114. The average molecular weight is 299 g/mol. The first kappa shape index (κ1) is 15.4. The summed E-state index contributed by atoms with van der Waals surface area (Å²) in [7, 11) is 0. The van der Waals surface area contributed by atoms with Gasteiger partial charge in [-0.2, -0.15) is 0 Å². The number of amides is 1. The van der Waals surface area contributed by atoms with Crippen molar-refractivity contribution in [1.82, 2.24) is 0 Å². The van der Waals surface area contributed by atoms with Gasteiger partial charge in [-0.15, -0.1) is 0 Å². The van der Waals surface area contributed by atoms with E-state index in [1.165, 1.54) is 5.32 Å². The van der Waals surface area contributed by atoms with Gasteiger partial charge in [0.15, 0.2) is 28.4 Å². The van der Waals surface area contributed by atoms with Crippen molar-refractivity contribution in [3.05, 3.63) is 29.1 Å². The first-order valence-corrected chi connectivity index (χ1v) is 5.69. The number of carbonyl (C=O) groups is 2. The van der Waals surface area contributed by atoms with Crippen LogP contribution in [0.4, 0.5) is 27.6 Å². The van der Waals surface area contributed by atoms with Crippen molar-refractivity contribution in [2.75, 3.05) is 11.1 Å². The number of hydrogen-bond acceptors (Lipinski definition) is 3. The Morgan fingerprint density at radius 1 is 0.947 bits per heavy atom. The summed E-state index contributed by atoms with van der Waals surface area (Å²) in [6.07, 6.45) is 0. The summed E-state index contributed by atoms with van der Waals surface area (Å²) in [5.41, 5.74) is -1.44. The standard InChI is InChI=1S/C10H6F5NO2S/c1-3(17)19-2-4(18)16-10-8(14)6(12)5(11)7(13)9(10)15/h2H2,1H3,(H,16,18). The van der Waals surface area contributed by atoms with Crippen molar-refractivity contribution < 1.29 is 31.5 Å². The Labute approximate surface area is 108 Å². The molecule has 0 bridgehead atoms. The van der Waals surface area contributed by atoms with Crippen LogP contribution in [0.2, 0.25) is 0 Å². The van der Waals surface area contributed by atoms with Crippen molar-refractivity contribution in [3.63, 3.8) is 0 Å². The molecule has 0 heterocycles. The van der Waals surface area contributed by atoms with Crippen molar-refractivity contribution in [3.8, 4) is 0 Å². The zero-order valence-corrected chi connectivity index (χ0v) is 10.1. The molecule has 1 aromatic rings. The van der Waals surface area contributed by atoms with Gasteiger partial charge in [0.1, 0.15) is 5.69 Å². The second kappa shape index (κ2) is 6.00. The lowest BCUT2D eigenvalue weighted by atomic mass is 10.2. The van der Waals surface area contributed by atoms with E-state index in [0.29, 0.717) is 11.8 Å². The van der Waals surface area contributed by atoms with Gasteiger partial charge < -0.3 is 5.32 Å². The SMILES string of the molecule is CC(=O)SCC(=O)Nc1c(F)c(F)c(F)c(F)c1F. The highest BCUT2D eigenvalue weighted by Crippen LogP contribution is 2.27. The minimum Gasteiger partial charge on any atom is -0.320 e. The molecule has 0 spiro atoms. The third-order valence-electron chi connectivity index (χ3n) is 1.88. The summed E-state index contributed by atoms with van der Waals surface area (Å²) in [6, 6.07) is 0. The topological polar surface area (TPSA) is 46.2 Å². The number of carbonyl (C=O) groups excluding carboxylic acids is 2. The molecule has 0 saturated carbocycles. The van der Waals surface area contributed by atoms with Crippen LogP contribution in [0.3, 0.4) is 0 Å². The fraction of sp³-hybridized carbons (Fsp3) is 0.200. The Hall–Kier alpha value is -1.64. The normalized spacial score (nSPS) is 10.4. The van der Waals surface area contributed by atoms with Crippen LogP contribution in [0, 0.1) is 29.1 Å². The van der Waals surface area contributed by atoms with Crippen molar-refractivity contribution >= 4 is 28.5 Å². The van der Waals surface area contributed by atoms with Crippen LogP contribution in [0.5, 0.6) is 0 Å². The van der Waals surface area contributed by atoms with Crippen LogP contribution in [0.15, 0.2) is 0 Å². The first-order chi connectivity index (χ1) is 8.75. The third kappa shape index (κ3) is 3.43. The maximum Gasteiger partial charge on any atom is 0.235 e. The molecule has 3 nitrogen and oxygen atoms in total. The van der Waals surface area contributed by atoms with Gasteiger partial charge in [-0.05, 0) is 0 Å². The van der Waals surface area contributed by atoms with Gasteiger partial charge >= 0.3 is 0 Å². The Balaban J connectivity index is 3.02. The van der Waals surface area contributed by atoms with E-state index in [1.54, 1.807) is 0 Å². The number of nitrogens with one attached hydrogen (secondary N) is 1. The van der Waals surface area contributed by atoms with E-state index in [2.05, 4.69) is 0 Å². The van der Waals surface area contributed by atoms with Gasteiger partial charge in [-0.25, -0.2) is 22.0 Å². The molecule has 0 aliphatic heterocycles. The fourth-order valence-electron chi connectivity index (χ4n) is 1.06. The van der Waals surface area contributed by atoms with Gasteiger partial charge in [0, 0.05) is 6.92 Å². The van der Waals surface area contributed by atoms with Crippen LogP contribution >= 0.6 is 11.8 Å². The van der Waals surface area contributed by atoms with E-state index < -0.39 is 51.5 Å². The molecule has 1 amide bonds. The molecule has 0 atom stereocenters. The molecule has 0 aliphatic carbocycles. The molecule has 9 heteroatoms. The average Bonchev–Trinajstić information content (AvgIpc) is 2.36. The molecule has 0 saturated heterocycles. The smallest absolute Gasteiger partial charge is 0.235 e. The number of rotatable bonds is 3. The molecule has 0 aromatic heterocycles. The van der Waals surface area contributed by atoms with Gasteiger partial charge in [-0.3, -0.25) is 9.59 Å². The minimum absolute atomic E-state index is 0.437. The summed E-state index contributed by atoms with van der Waals surface area (Å²) in [6.45, 7) is 1.15. The van der Waals surface area contributed by atoms with E-state index in [9.17, 15) is 31.5 Å². The minimum atomic E-state index is -2.31. The van der Waals surface area contributed by atoms with Crippen LogP contribution in [-0.4, -0.2) is 16.8 Å². The van der Waals surface area contributed by atoms with Crippen LogP contribution < -0.4 is 5.32 Å². The maximum atomic E-state index is 13.2. The second-order valence-corrected chi connectivity index (χ2v) is 4.43. The molecule has 19 heavy (non-hydrogen) atoms. The van der Waals surface area contributed by atoms with Gasteiger partial charge in [0.25, 0.3) is 0 Å². The molecular weight excluding hydrogens is 293 g/mol.